The maximum Gasteiger partial charge on any atom is 0.416 e. The van der Waals surface area contributed by atoms with Gasteiger partial charge < -0.3 is 5.32 Å². The van der Waals surface area contributed by atoms with Gasteiger partial charge in [-0.2, -0.15) is 13.2 Å². The number of nitrogens with zero attached hydrogens (tertiary/aromatic N) is 1. The van der Waals surface area contributed by atoms with E-state index in [1.807, 2.05) is 0 Å². The third kappa shape index (κ3) is 3.60. The number of hydrogen-bond donors (Lipinski definition) is 1. The molecule has 0 bridgehead atoms. The Morgan fingerprint density at radius 2 is 1.95 bits per heavy atom. The Labute approximate surface area is 117 Å². The SMILES string of the molecule is Fc1cc(CNc2cccnc2Cl)cc(C(F)(F)F)c1. The molecule has 2 rings (SSSR count). The van der Waals surface area contributed by atoms with Gasteiger partial charge in [0.15, 0.2) is 5.15 Å². The van der Waals surface area contributed by atoms with Gasteiger partial charge in [-0.1, -0.05) is 11.6 Å². The number of hydrogen-bond acceptors (Lipinski definition) is 2. The van der Waals surface area contributed by atoms with E-state index in [4.69, 9.17) is 11.6 Å². The number of benzene rings is 1. The Balaban J connectivity index is 2.18. The summed E-state index contributed by atoms with van der Waals surface area (Å²) < 4.78 is 50.9. The number of halogens is 5. The number of aromatic nitrogens is 1. The quantitative estimate of drug-likeness (QED) is 0.667. The second-order valence-corrected chi connectivity index (χ2v) is 4.40. The molecule has 1 heterocycles. The van der Waals surface area contributed by atoms with Crippen molar-refractivity contribution in [3.05, 3.63) is 58.6 Å². The Morgan fingerprint density at radius 3 is 2.60 bits per heavy atom. The van der Waals surface area contributed by atoms with Crippen molar-refractivity contribution >= 4 is 17.3 Å². The summed E-state index contributed by atoms with van der Waals surface area (Å²) in [6.45, 7) is 0.00620. The van der Waals surface area contributed by atoms with Gasteiger partial charge in [-0.05, 0) is 35.9 Å². The zero-order valence-corrected chi connectivity index (χ0v) is 10.8. The largest absolute Gasteiger partial charge is 0.416 e. The average molecular weight is 305 g/mol. The summed E-state index contributed by atoms with van der Waals surface area (Å²) in [4.78, 5) is 3.81. The van der Waals surface area contributed by atoms with E-state index >= 15 is 0 Å². The van der Waals surface area contributed by atoms with E-state index in [1.54, 1.807) is 12.1 Å². The maximum absolute atomic E-state index is 13.2. The van der Waals surface area contributed by atoms with Crippen LogP contribution in [0, 0.1) is 5.82 Å². The zero-order chi connectivity index (χ0) is 14.8. The number of rotatable bonds is 3. The van der Waals surface area contributed by atoms with Crippen molar-refractivity contribution in [2.24, 2.45) is 0 Å². The molecule has 0 aliphatic heterocycles. The minimum absolute atomic E-state index is 0.00620. The lowest BCUT2D eigenvalue weighted by Crippen LogP contribution is -2.08. The number of nitrogens with one attached hydrogen (secondary N) is 1. The molecule has 0 saturated carbocycles. The predicted octanol–water partition coefficient (Wildman–Crippen LogP) is 4.51. The van der Waals surface area contributed by atoms with Crippen LogP contribution < -0.4 is 5.32 Å². The smallest absolute Gasteiger partial charge is 0.378 e. The first-order valence-electron chi connectivity index (χ1n) is 5.57. The fourth-order valence-corrected chi connectivity index (χ4v) is 1.82. The van der Waals surface area contributed by atoms with Gasteiger partial charge in [0.1, 0.15) is 5.82 Å². The van der Waals surface area contributed by atoms with Gasteiger partial charge in [0.05, 0.1) is 11.3 Å². The Bertz CT molecular complexity index is 614. The Morgan fingerprint density at radius 1 is 1.20 bits per heavy atom. The van der Waals surface area contributed by atoms with Crippen molar-refractivity contribution in [1.82, 2.24) is 4.98 Å². The molecule has 0 aliphatic rings. The van der Waals surface area contributed by atoms with Gasteiger partial charge in [-0.3, -0.25) is 0 Å². The lowest BCUT2D eigenvalue weighted by Gasteiger charge is -2.11. The maximum atomic E-state index is 13.2. The predicted molar refractivity (Wildman–Crippen MR) is 68.0 cm³/mol. The summed E-state index contributed by atoms with van der Waals surface area (Å²) in [7, 11) is 0. The number of pyridine rings is 1. The molecule has 106 valence electrons. The molecule has 20 heavy (non-hydrogen) atoms. The molecule has 0 fully saturated rings. The number of anilines is 1. The molecule has 0 atom stereocenters. The highest BCUT2D eigenvalue weighted by atomic mass is 35.5. The molecule has 1 aromatic carbocycles. The lowest BCUT2D eigenvalue weighted by atomic mass is 10.1. The van der Waals surface area contributed by atoms with E-state index in [-0.39, 0.29) is 17.3 Å². The van der Waals surface area contributed by atoms with Gasteiger partial charge in [0.25, 0.3) is 0 Å². The summed E-state index contributed by atoms with van der Waals surface area (Å²) in [5.74, 6) is -0.936. The van der Waals surface area contributed by atoms with Gasteiger partial charge in [0, 0.05) is 12.7 Å². The molecule has 2 nitrogen and oxygen atoms in total. The summed E-state index contributed by atoms with van der Waals surface area (Å²) in [5, 5.41) is 3.00. The first-order chi connectivity index (χ1) is 9.36. The van der Waals surface area contributed by atoms with Crippen LogP contribution >= 0.6 is 11.6 Å². The molecule has 0 unspecified atom stereocenters. The summed E-state index contributed by atoms with van der Waals surface area (Å²) in [5.41, 5.74) is -0.393. The van der Waals surface area contributed by atoms with Crippen LogP contribution in [-0.4, -0.2) is 4.98 Å². The molecule has 7 heteroatoms. The van der Waals surface area contributed by atoms with E-state index in [9.17, 15) is 17.6 Å². The molecule has 0 saturated heterocycles. The Kier molecular flexibility index (Phi) is 4.13. The van der Waals surface area contributed by atoms with E-state index in [0.29, 0.717) is 11.8 Å². The van der Waals surface area contributed by atoms with Crippen LogP contribution in [-0.2, 0) is 12.7 Å². The molecule has 1 N–H and O–H groups in total. The third-order valence-electron chi connectivity index (χ3n) is 2.53. The third-order valence-corrected chi connectivity index (χ3v) is 2.83. The molecular weight excluding hydrogens is 296 g/mol. The van der Waals surface area contributed by atoms with Crippen molar-refractivity contribution in [3.8, 4) is 0 Å². The van der Waals surface area contributed by atoms with Crippen LogP contribution in [0.1, 0.15) is 11.1 Å². The zero-order valence-electron chi connectivity index (χ0n) is 10.0. The minimum Gasteiger partial charge on any atom is -0.378 e. The van der Waals surface area contributed by atoms with Gasteiger partial charge in [-0.25, -0.2) is 9.37 Å². The molecular formula is C13H9ClF4N2. The highest BCUT2D eigenvalue weighted by molar-refractivity contribution is 6.31. The standard InChI is InChI=1S/C13H9ClF4N2/c14-12-11(2-1-3-19-12)20-7-8-4-9(13(16,17)18)6-10(15)5-8/h1-6,20H,7H2. The van der Waals surface area contributed by atoms with Crippen molar-refractivity contribution in [2.45, 2.75) is 12.7 Å². The van der Waals surface area contributed by atoms with Gasteiger partial charge >= 0.3 is 6.18 Å². The van der Waals surface area contributed by atoms with Crippen LogP contribution in [0.3, 0.4) is 0 Å². The van der Waals surface area contributed by atoms with Gasteiger partial charge in [0.2, 0.25) is 0 Å². The first kappa shape index (κ1) is 14.6. The fourth-order valence-electron chi connectivity index (χ4n) is 1.63. The van der Waals surface area contributed by atoms with Crippen molar-refractivity contribution < 1.29 is 17.6 Å². The number of alkyl halides is 3. The van der Waals surface area contributed by atoms with E-state index < -0.39 is 17.6 Å². The van der Waals surface area contributed by atoms with Crippen LogP contribution in [0.2, 0.25) is 5.15 Å². The van der Waals surface area contributed by atoms with E-state index in [0.717, 1.165) is 12.1 Å². The Hall–Kier alpha value is -1.82. The topological polar surface area (TPSA) is 24.9 Å². The highest BCUT2D eigenvalue weighted by Gasteiger charge is 2.31. The van der Waals surface area contributed by atoms with Crippen molar-refractivity contribution in [1.29, 1.82) is 0 Å². The van der Waals surface area contributed by atoms with E-state index in [2.05, 4.69) is 10.3 Å². The van der Waals surface area contributed by atoms with Crippen molar-refractivity contribution in [2.75, 3.05) is 5.32 Å². The first-order valence-corrected chi connectivity index (χ1v) is 5.95. The summed E-state index contributed by atoms with van der Waals surface area (Å²) in [6.07, 6.45) is -3.10. The molecule has 1 aromatic heterocycles. The van der Waals surface area contributed by atoms with Gasteiger partial charge in [-0.15, -0.1) is 0 Å². The van der Waals surface area contributed by atoms with Crippen molar-refractivity contribution in [3.63, 3.8) is 0 Å². The summed E-state index contributed by atoms with van der Waals surface area (Å²) in [6, 6.07) is 5.63. The molecule has 0 amide bonds. The van der Waals surface area contributed by atoms with E-state index in [1.165, 1.54) is 6.20 Å². The molecule has 0 radical (unpaired) electrons. The summed E-state index contributed by atoms with van der Waals surface area (Å²) >= 11 is 5.80. The molecule has 0 aliphatic carbocycles. The highest BCUT2D eigenvalue weighted by Crippen LogP contribution is 2.30. The molecule has 2 aromatic rings. The lowest BCUT2D eigenvalue weighted by molar-refractivity contribution is -0.137. The molecule has 0 spiro atoms. The van der Waals surface area contributed by atoms with Crippen LogP contribution in [0.25, 0.3) is 0 Å². The van der Waals surface area contributed by atoms with Crippen LogP contribution in [0.5, 0.6) is 0 Å². The minimum atomic E-state index is -4.58. The van der Waals surface area contributed by atoms with Crippen LogP contribution in [0.4, 0.5) is 23.2 Å². The fraction of sp³-hybridized carbons (Fsp3) is 0.154. The average Bonchev–Trinajstić information content (AvgIpc) is 2.36. The van der Waals surface area contributed by atoms with Crippen LogP contribution in [0.15, 0.2) is 36.5 Å². The second-order valence-electron chi connectivity index (χ2n) is 4.04. The normalized spacial score (nSPS) is 11.4. The second kappa shape index (κ2) is 5.66. The monoisotopic (exact) mass is 304 g/mol.